The Balaban J connectivity index is 1.26. The molecule has 2 N–H and O–H groups in total. The Bertz CT molecular complexity index is 1010. The van der Waals surface area contributed by atoms with Crippen molar-refractivity contribution in [2.24, 2.45) is 0 Å². The molecule has 1 saturated carbocycles. The van der Waals surface area contributed by atoms with Crippen LogP contribution in [0.3, 0.4) is 0 Å². The zero-order chi connectivity index (χ0) is 23.0. The second-order valence-corrected chi connectivity index (χ2v) is 9.20. The van der Waals surface area contributed by atoms with Crippen LogP contribution in [0.2, 0.25) is 0 Å². The number of hydrogen-bond acceptors (Lipinski definition) is 6. The van der Waals surface area contributed by atoms with Crippen molar-refractivity contribution in [3.05, 3.63) is 54.1 Å². The number of hydrogen-bond donors (Lipinski definition) is 2. The molecule has 0 saturated heterocycles. The normalized spacial score (nSPS) is 18.3. The van der Waals surface area contributed by atoms with E-state index in [4.69, 9.17) is 14.7 Å². The van der Waals surface area contributed by atoms with Crippen LogP contribution < -0.4 is 20.3 Å². The van der Waals surface area contributed by atoms with E-state index in [1.807, 2.05) is 26.2 Å². The number of nitrogens with one attached hydrogen (secondary N) is 2. The third-order valence-corrected chi connectivity index (χ3v) is 6.35. The third kappa shape index (κ3) is 6.35. The van der Waals surface area contributed by atoms with Gasteiger partial charge in [0, 0.05) is 38.1 Å². The minimum absolute atomic E-state index is 0.416. The first kappa shape index (κ1) is 23.3. The minimum Gasteiger partial charge on any atom is -0.494 e. The molecule has 1 heterocycles. The van der Waals surface area contributed by atoms with Gasteiger partial charge in [0.1, 0.15) is 11.6 Å². The fourth-order valence-electron chi connectivity index (χ4n) is 4.39. The molecule has 0 bridgehead atoms. The van der Waals surface area contributed by atoms with Crippen molar-refractivity contribution in [3.63, 3.8) is 0 Å². The summed E-state index contributed by atoms with van der Waals surface area (Å²) in [5.74, 6) is 2.66. The van der Waals surface area contributed by atoms with Crippen LogP contribution in [0.5, 0.6) is 5.75 Å². The summed E-state index contributed by atoms with van der Waals surface area (Å²) >= 11 is 0. The highest BCUT2D eigenvalue weighted by Gasteiger charge is 2.22. The largest absolute Gasteiger partial charge is 0.494 e. The van der Waals surface area contributed by atoms with Crippen LogP contribution in [0.1, 0.15) is 51.0 Å². The van der Waals surface area contributed by atoms with Gasteiger partial charge in [0.15, 0.2) is 0 Å². The van der Waals surface area contributed by atoms with Gasteiger partial charge in [0.25, 0.3) is 0 Å². The van der Waals surface area contributed by atoms with Crippen molar-refractivity contribution in [3.8, 4) is 5.75 Å². The van der Waals surface area contributed by atoms with Gasteiger partial charge in [-0.1, -0.05) is 37.6 Å². The average Bonchev–Trinajstić information content (AvgIpc) is 2.84. The van der Waals surface area contributed by atoms with E-state index < -0.39 is 0 Å². The van der Waals surface area contributed by atoms with E-state index in [0.29, 0.717) is 12.1 Å². The summed E-state index contributed by atoms with van der Waals surface area (Å²) in [4.78, 5) is 11.6. The lowest BCUT2D eigenvalue weighted by Crippen LogP contribution is -2.37. The lowest BCUT2D eigenvalue weighted by atomic mass is 9.91. The first-order valence-electron chi connectivity index (χ1n) is 12.3. The maximum atomic E-state index is 5.76. The smallest absolute Gasteiger partial charge is 0.225 e. The second kappa shape index (κ2) is 11.3. The van der Waals surface area contributed by atoms with Gasteiger partial charge in [0.05, 0.1) is 12.1 Å². The molecule has 3 aromatic rings. The number of benzene rings is 2. The average molecular weight is 448 g/mol. The highest BCUT2D eigenvalue weighted by atomic mass is 16.5. The Hall–Kier alpha value is -2.86. The predicted octanol–water partition coefficient (Wildman–Crippen LogP) is 5.39. The van der Waals surface area contributed by atoms with Gasteiger partial charge in [-0.25, -0.2) is 4.98 Å². The predicted molar refractivity (Wildman–Crippen MR) is 137 cm³/mol. The molecule has 4 rings (SSSR count). The molecule has 6 heteroatoms. The lowest BCUT2D eigenvalue weighted by molar-refractivity contribution is 0.309. The van der Waals surface area contributed by atoms with Crippen molar-refractivity contribution >= 4 is 22.7 Å². The molecule has 0 atom stereocenters. The number of rotatable bonds is 10. The number of fused-ring (bicyclic) bond motifs is 1. The summed E-state index contributed by atoms with van der Waals surface area (Å²) in [6, 6.07) is 17.7. The quantitative estimate of drug-likeness (QED) is 0.407. The highest BCUT2D eigenvalue weighted by molar-refractivity contribution is 5.90. The lowest BCUT2D eigenvalue weighted by Gasteiger charge is -2.30. The first-order chi connectivity index (χ1) is 16.1. The van der Waals surface area contributed by atoms with Crippen molar-refractivity contribution < 1.29 is 4.74 Å². The van der Waals surface area contributed by atoms with E-state index in [1.54, 1.807) is 0 Å². The summed E-state index contributed by atoms with van der Waals surface area (Å²) in [7, 11) is 4.06. The number of anilines is 2. The van der Waals surface area contributed by atoms with Gasteiger partial charge in [-0.3, -0.25) is 0 Å². The summed E-state index contributed by atoms with van der Waals surface area (Å²) in [5.41, 5.74) is 2.29. The fraction of sp³-hybridized carbons (Fsp3) is 0.481. The number of unbranched alkanes of at least 4 members (excludes halogenated alkanes) is 1. The fourth-order valence-corrected chi connectivity index (χ4v) is 4.39. The standard InChI is InChI=1S/C27H37N5O/c1-4-5-18-33-23-16-10-20(11-17-23)19-28-21-12-14-22(15-13-21)29-27-30-25-9-7-6-8-24(25)26(31-27)32(2)3/h6-11,16-17,21-22,28H,4-5,12-15,18-19H2,1-3H3,(H,29,30,31)/t21-,22+. The third-order valence-electron chi connectivity index (χ3n) is 6.35. The van der Waals surface area contributed by atoms with Crippen LogP contribution in [0.4, 0.5) is 11.8 Å². The van der Waals surface area contributed by atoms with Crippen molar-refractivity contribution in [2.75, 3.05) is 30.9 Å². The van der Waals surface area contributed by atoms with Gasteiger partial charge in [-0.15, -0.1) is 0 Å². The molecular weight excluding hydrogens is 410 g/mol. The maximum absolute atomic E-state index is 5.76. The van der Waals surface area contributed by atoms with Gasteiger partial charge < -0.3 is 20.3 Å². The Morgan fingerprint density at radius 3 is 2.39 bits per heavy atom. The van der Waals surface area contributed by atoms with Crippen LogP contribution in [-0.2, 0) is 6.54 Å². The van der Waals surface area contributed by atoms with Gasteiger partial charge in [-0.2, -0.15) is 4.98 Å². The maximum Gasteiger partial charge on any atom is 0.225 e. The Morgan fingerprint density at radius 2 is 1.67 bits per heavy atom. The molecule has 33 heavy (non-hydrogen) atoms. The Labute approximate surface area is 197 Å². The van der Waals surface area contributed by atoms with E-state index in [9.17, 15) is 0 Å². The van der Waals surface area contributed by atoms with Crippen LogP contribution in [0, 0.1) is 0 Å². The van der Waals surface area contributed by atoms with Crippen LogP contribution >= 0.6 is 0 Å². The summed E-state index contributed by atoms with van der Waals surface area (Å²) < 4.78 is 5.76. The zero-order valence-corrected chi connectivity index (χ0v) is 20.2. The zero-order valence-electron chi connectivity index (χ0n) is 20.2. The van der Waals surface area contributed by atoms with Crippen molar-refractivity contribution in [2.45, 2.75) is 64.1 Å². The van der Waals surface area contributed by atoms with Crippen LogP contribution in [0.15, 0.2) is 48.5 Å². The van der Waals surface area contributed by atoms with E-state index in [2.05, 4.69) is 58.9 Å². The van der Waals surface area contributed by atoms with Crippen molar-refractivity contribution in [1.82, 2.24) is 15.3 Å². The molecule has 0 amide bonds. The number of aromatic nitrogens is 2. The highest BCUT2D eigenvalue weighted by Crippen LogP contribution is 2.26. The van der Waals surface area contributed by atoms with Gasteiger partial charge >= 0.3 is 0 Å². The summed E-state index contributed by atoms with van der Waals surface area (Å²) in [5, 5.41) is 8.42. The van der Waals surface area contributed by atoms with Gasteiger partial charge in [-0.05, 0) is 61.9 Å². The molecule has 0 radical (unpaired) electrons. The van der Waals surface area contributed by atoms with Gasteiger partial charge in [0.2, 0.25) is 5.95 Å². The Kier molecular flexibility index (Phi) is 8.00. The monoisotopic (exact) mass is 447 g/mol. The van der Waals surface area contributed by atoms with Crippen LogP contribution in [0.25, 0.3) is 10.9 Å². The number of para-hydroxylation sites is 1. The molecule has 0 unspecified atom stereocenters. The van der Waals surface area contributed by atoms with E-state index in [0.717, 1.165) is 80.1 Å². The van der Waals surface area contributed by atoms with E-state index in [-0.39, 0.29) is 0 Å². The molecule has 1 fully saturated rings. The first-order valence-corrected chi connectivity index (χ1v) is 12.3. The summed E-state index contributed by atoms with van der Waals surface area (Å²) in [6.45, 7) is 3.88. The summed E-state index contributed by atoms with van der Waals surface area (Å²) in [6.07, 6.45) is 6.82. The molecule has 0 spiro atoms. The number of ether oxygens (including phenoxy) is 1. The SMILES string of the molecule is CCCCOc1ccc(CN[C@H]2CC[C@@H](Nc3nc(N(C)C)c4ccccc4n3)CC2)cc1. The molecule has 2 aromatic carbocycles. The van der Waals surface area contributed by atoms with E-state index >= 15 is 0 Å². The molecule has 1 aromatic heterocycles. The Morgan fingerprint density at radius 1 is 0.939 bits per heavy atom. The molecular formula is C27H37N5O. The number of nitrogens with zero attached hydrogens (tertiary/aromatic N) is 3. The molecule has 1 aliphatic carbocycles. The minimum atomic E-state index is 0.416. The van der Waals surface area contributed by atoms with Crippen LogP contribution in [-0.4, -0.2) is 42.8 Å². The molecule has 0 aliphatic heterocycles. The molecule has 176 valence electrons. The molecule has 6 nitrogen and oxygen atoms in total. The van der Waals surface area contributed by atoms with E-state index in [1.165, 1.54) is 5.56 Å². The topological polar surface area (TPSA) is 62.3 Å². The van der Waals surface area contributed by atoms with Crippen molar-refractivity contribution in [1.29, 1.82) is 0 Å². The molecule has 1 aliphatic rings. The second-order valence-electron chi connectivity index (χ2n) is 9.20.